The molecule has 1 rings (SSSR count). The smallest absolute Gasteiger partial charge is 0.192 e. The van der Waals surface area contributed by atoms with E-state index in [1.165, 1.54) is 0 Å². The molecule has 0 spiro atoms. The first-order chi connectivity index (χ1) is 6.26. The van der Waals surface area contributed by atoms with Crippen LogP contribution in [0.25, 0.3) is 0 Å². The highest BCUT2D eigenvalue weighted by atomic mass is 28.4. The average molecular weight is 214 g/mol. The van der Waals surface area contributed by atoms with Crippen molar-refractivity contribution >= 4 is 14.6 Å². The summed E-state index contributed by atoms with van der Waals surface area (Å²) >= 11 is 0. The molecule has 0 radical (unpaired) electrons. The molecular weight excluding hydrogens is 192 g/mol. The Balaban J connectivity index is 2.42. The van der Waals surface area contributed by atoms with Crippen LogP contribution in [-0.2, 0) is 9.22 Å². The van der Waals surface area contributed by atoms with Crippen LogP contribution in [0.1, 0.15) is 33.6 Å². The van der Waals surface area contributed by atoms with Gasteiger partial charge in [0.2, 0.25) is 0 Å². The number of hydrogen-bond donors (Lipinski definition) is 0. The van der Waals surface area contributed by atoms with Gasteiger partial charge in [-0.05, 0) is 31.0 Å². The van der Waals surface area contributed by atoms with Crippen molar-refractivity contribution in [3.63, 3.8) is 0 Å². The van der Waals surface area contributed by atoms with Gasteiger partial charge in [0.25, 0.3) is 0 Å². The fourth-order valence-corrected chi connectivity index (χ4v) is 2.79. The van der Waals surface area contributed by atoms with Crippen molar-refractivity contribution in [2.24, 2.45) is 5.92 Å². The highest BCUT2D eigenvalue weighted by Gasteiger charge is 2.42. The summed E-state index contributed by atoms with van der Waals surface area (Å²) in [6.45, 7) is 11.3. The molecule has 0 aromatic rings. The van der Waals surface area contributed by atoms with Gasteiger partial charge in [-0.1, -0.05) is 20.8 Å². The summed E-state index contributed by atoms with van der Waals surface area (Å²) in [5, 5.41) is 0.277. The van der Waals surface area contributed by atoms with Gasteiger partial charge in [0.05, 0.1) is 0 Å². The second-order valence-electron chi connectivity index (χ2n) is 5.87. The van der Waals surface area contributed by atoms with E-state index in [0.29, 0.717) is 6.10 Å². The number of carbonyl (C=O) groups excluding carboxylic acids is 1. The molecule has 1 fully saturated rings. The summed E-state index contributed by atoms with van der Waals surface area (Å²) in [6, 6.07) is 0. The summed E-state index contributed by atoms with van der Waals surface area (Å²) in [5.41, 5.74) is 0. The van der Waals surface area contributed by atoms with Crippen LogP contribution < -0.4 is 0 Å². The molecule has 1 aliphatic carbocycles. The van der Waals surface area contributed by atoms with Gasteiger partial charge in [0, 0.05) is 12.0 Å². The van der Waals surface area contributed by atoms with E-state index in [-0.39, 0.29) is 11.0 Å². The highest BCUT2D eigenvalue weighted by Crippen LogP contribution is 2.40. The predicted octanol–water partition coefficient (Wildman–Crippen LogP) is 2.99. The molecule has 0 aromatic heterocycles. The van der Waals surface area contributed by atoms with E-state index in [0.717, 1.165) is 19.1 Å². The first kappa shape index (κ1) is 11.9. The molecule has 82 valence electrons. The Morgan fingerprint density at radius 3 is 2.14 bits per heavy atom. The van der Waals surface area contributed by atoms with Crippen molar-refractivity contribution in [1.29, 1.82) is 0 Å². The second kappa shape index (κ2) is 3.78. The third kappa shape index (κ3) is 2.45. The van der Waals surface area contributed by atoms with Crippen molar-refractivity contribution in [3.8, 4) is 0 Å². The maximum absolute atomic E-state index is 10.5. The van der Waals surface area contributed by atoms with E-state index < -0.39 is 8.32 Å². The lowest BCUT2D eigenvalue weighted by Crippen LogP contribution is -2.47. The van der Waals surface area contributed by atoms with Crippen LogP contribution >= 0.6 is 0 Å². The van der Waals surface area contributed by atoms with Gasteiger partial charge in [0.15, 0.2) is 8.32 Å². The van der Waals surface area contributed by atoms with Crippen molar-refractivity contribution in [2.75, 3.05) is 0 Å². The second-order valence-corrected chi connectivity index (χ2v) is 10.6. The highest BCUT2D eigenvalue weighted by molar-refractivity contribution is 6.74. The molecule has 0 unspecified atom stereocenters. The van der Waals surface area contributed by atoms with Gasteiger partial charge in [-0.2, -0.15) is 0 Å². The molecule has 0 amide bonds. The fraction of sp³-hybridized carbons (Fsp3) is 0.909. The number of hydrogen-bond acceptors (Lipinski definition) is 2. The molecular formula is C11H22O2Si. The molecule has 1 saturated carbocycles. The van der Waals surface area contributed by atoms with Gasteiger partial charge in [-0.3, -0.25) is 0 Å². The maximum Gasteiger partial charge on any atom is 0.192 e. The van der Waals surface area contributed by atoms with Gasteiger partial charge < -0.3 is 9.22 Å². The van der Waals surface area contributed by atoms with Crippen LogP contribution in [0.5, 0.6) is 0 Å². The number of carbonyl (C=O) groups is 1. The molecule has 3 heteroatoms. The summed E-state index contributed by atoms with van der Waals surface area (Å²) in [6.07, 6.45) is 3.29. The minimum absolute atomic E-state index is 0.268. The minimum Gasteiger partial charge on any atom is -0.414 e. The predicted molar refractivity (Wildman–Crippen MR) is 60.9 cm³/mol. The molecule has 0 aliphatic heterocycles. The first-order valence-electron chi connectivity index (χ1n) is 5.39. The molecule has 0 N–H and O–H groups in total. The van der Waals surface area contributed by atoms with Crippen molar-refractivity contribution < 1.29 is 9.22 Å². The van der Waals surface area contributed by atoms with Crippen molar-refractivity contribution in [1.82, 2.24) is 0 Å². The summed E-state index contributed by atoms with van der Waals surface area (Å²) in [5.74, 6) is 0.268. The zero-order valence-electron chi connectivity index (χ0n) is 9.96. The van der Waals surface area contributed by atoms with Gasteiger partial charge >= 0.3 is 0 Å². The van der Waals surface area contributed by atoms with Crippen LogP contribution in [0, 0.1) is 5.92 Å². The lowest BCUT2D eigenvalue weighted by Gasteiger charge is -2.43. The van der Waals surface area contributed by atoms with Gasteiger partial charge in [-0.15, -0.1) is 0 Å². The van der Waals surface area contributed by atoms with Gasteiger partial charge in [-0.25, -0.2) is 0 Å². The van der Waals surface area contributed by atoms with E-state index in [4.69, 9.17) is 4.43 Å². The van der Waals surface area contributed by atoms with E-state index in [1.807, 2.05) is 0 Å². The molecule has 0 aromatic carbocycles. The summed E-state index contributed by atoms with van der Waals surface area (Å²) < 4.78 is 6.15. The van der Waals surface area contributed by atoms with Crippen molar-refractivity contribution in [3.05, 3.63) is 0 Å². The first-order valence-corrected chi connectivity index (χ1v) is 8.30. The van der Waals surface area contributed by atoms with E-state index in [1.54, 1.807) is 0 Å². The SMILES string of the molecule is CC(C)(C)[Si](C)(C)O[C@H]1C[C@H](C=O)C1. The van der Waals surface area contributed by atoms with Crippen LogP contribution in [0.15, 0.2) is 0 Å². The molecule has 0 heterocycles. The molecule has 1 aliphatic rings. The van der Waals surface area contributed by atoms with Crippen LogP contribution in [0.2, 0.25) is 18.1 Å². The standard InChI is InChI=1S/C11H22O2Si/c1-11(2,3)14(4,5)13-10-6-9(7-10)8-12/h8-10H,6-7H2,1-5H3/t9-,10-. The van der Waals surface area contributed by atoms with E-state index in [9.17, 15) is 4.79 Å². The lowest BCUT2D eigenvalue weighted by atomic mass is 9.84. The number of rotatable bonds is 3. The van der Waals surface area contributed by atoms with Crippen molar-refractivity contribution in [2.45, 2.75) is 57.8 Å². The molecule has 2 nitrogen and oxygen atoms in total. The third-order valence-electron chi connectivity index (χ3n) is 3.59. The maximum atomic E-state index is 10.5. The Hall–Kier alpha value is -0.153. The molecule has 0 bridgehead atoms. The topological polar surface area (TPSA) is 26.3 Å². The molecule has 0 atom stereocenters. The summed E-state index contributed by atoms with van der Waals surface area (Å²) in [4.78, 5) is 10.5. The van der Waals surface area contributed by atoms with E-state index in [2.05, 4.69) is 33.9 Å². The Kier molecular flexibility index (Phi) is 3.22. The van der Waals surface area contributed by atoms with Crippen LogP contribution in [0.3, 0.4) is 0 Å². The van der Waals surface area contributed by atoms with Crippen LogP contribution in [0.4, 0.5) is 0 Å². The molecule has 0 saturated heterocycles. The zero-order valence-corrected chi connectivity index (χ0v) is 11.0. The molecule has 14 heavy (non-hydrogen) atoms. The Bertz CT molecular complexity index is 212. The Morgan fingerprint density at radius 2 is 1.79 bits per heavy atom. The van der Waals surface area contributed by atoms with Crippen LogP contribution in [-0.4, -0.2) is 20.7 Å². The largest absolute Gasteiger partial charge is 0.414 e. The quantitative estimate of drug-likeness (QED) is 0.533. The lowest BCUT2D eigenvalue weighted by molar-refractivity contribution is -0.116. The Morgan fingerprint density at radius 1 is 1.29 bits per heavy atom. The van der Waals surface area contributed by atoms with E-state index >= 15 is 0 Å². The fourth-order valence-electron chi connectivity index (χ4n) is 1.41. The minimum atomic E-state index is -1.60. The number of aldehydes is 1. The van der Waals surface area contributed by atoms with Gasteiger partial charge in [0.1, 0.15) is 6.29 Å². The average Bonchev–Trinajstić information content (AvgIpc) is 1.93. The summed E-state index contributed by atoms with van der Waals surface area (Å²) in [7, 11) is -1.60. The monoisotopic (exact) mass is 214 g/mol. The zero-order chi connectivity index (χ0) is 11.0. The Labute approximate surface area is 88.2 Å². The third-order valence-corrected chi connectivity index (χ3v) is 8.13. The normalized spacial score (nSPS) is 28.4.